The average molecular weight is 476 g/mol. The van der Waals surface area contributed by atoms with Gasteiger partial charge in [-0.2, -0.15) is 0 Å². The van der Waals surface area contributed by atoms with E-state index in [0.717, 1.165) is 10.8 Å². The summed E-state index contributed by atoms with van der Waals surface area (Å²) < 4.78 is 31.0. The van der Waals surface area contributed by atoms with E-state index in [2.05, 4.69) is 15.6 Å². The lowest BCUT2D eigenvalue weighted by molar-refractivity contribution is -0.114. The van der Waals surface area contributed by atoms with Gasteiger partial charge in [-0.05, 0) is 65.4 Å². The number of hydrazine groups is 1. The number of hydrogen-bond donors (Lipinski definition) is 3. The summed E-state index contributed by atoms with van der Waals surface area (Å²) in [5, 5.41) is 4.34. The molecule has 8 nitrogen and oxygen atoms in total. The monoisotopic (exact) mass is 475 g/mol. The predicted molar refractivity (Wildman–Crippen MR) is 129 cm³/mol. The molecule has 4 aromatic carbocycles. The number of ether oxygens (including phenoxy) is 1. The Kier molecular flexibility index (Phi) is 6.58. The molecule has 4 rings (SSSR count). The topological polar surface area (TPSA) is 114 Å². The molecular weight excluding hydrogens is 454 g/mol. The summed E-state index contributed by atoms with van der Waals surface area (Å²) in [5.41, 5.74) is 3.06. The molecule has 0 radical (unpaired) electrons. The lowest BCUT2D eigenvalue weighted by atomic mass is 10.1. The molecule has 172 valence electrons. The van der Waals surface area contributed by atoms with E-state index < -0.39 is 15.9 Å². The van der Waals surface area contributed by atoms with Gasteiger partial charge >= 0.3 is 0 Å². The van der Waals surface area contributed by atoms with Crippen LogP contribution in [-0.2, 0) is 14.8 Å². The number of hydrogen-bond acceptors (Lipinski definition) is 5. The Hall–Kier alpha value is -4.21. The highest BCUT2D eigenvalue weighted by atomic mass is 32.2. The van der Waals surface area contributed by atoms with Gasteiger partial charge in [0.05, 0.1) is 4.90 Å². The molecule has 0 aliphatic rings. The third-order valence-corrected chi connectivity index (χ3v) is 6.08. The van der Waals surface area contributed by atoms with Crippen molar-refractivity contribution < 1.29 is 22.7 Å². The van der Waals surface area contributed by atoms with E-state index in [0.29, 0.717) is 17.2 Å². The highest BCUT2D eigenvalue weighted by molar-refractivity contribution is 7.89. The van der Waals surface area contributed by atoms with Crippen LogP contribution in [0.2, 0.25) is 0 Å². The van der Waals surface area contributed by atoms with E-state index in [1.165, 1.54) is 31.2 Å². The zero-order valence-corrected chi connectivity index (χ0v) is 18.9. The minimum absolute atomic E-state index is 0.0336. The van der Waals surface area contributed by atoms with Crippen molar-refractivity contribution in [1.82, 2.24) is 10.3 Å². The molecule has 3 N–H and O–H groups in total. The zero-order chi connectivity index (χ0) is 24.1. The molecule has 9 heteroatoms. The van der Waals surface area contributed by atoms with Crippen LogP contribution in [-0.4, -0.2) is 20.2 Å². The first kappa shape index (κ1) is 23.0. The van der Waals surface area contributed by atoms with Gasteiger partial charge < -0.3 is 10.1 Å². The summed E-state index contributed by atoms with van der Waals surface area (Å²) in [6, 6.07) is 25.1. The van der Waals surface area contributed by atoms with Crippen molar-refractivity contribution in [2.45, 2.75) is 11.8 Å². The number of nitrogens with one attached hydrogen (secondary N) is 3. The normalized spacial score (nSPS) is 11.1. The lowest BCUT2D eigenvalue weighted by Crippen LogP contribution is -2.41. The molecule has 0 atom stereocenters. The maximum absolute atomic E-state index is 12.6. The first-order valence-corrected chi connectivity index (χ1v) is 11.7. The van der Waals surface area contributed by atoms with Crippen LogP contribution < -0.4 is 20.3 Å². The summed E-state index contributed by atoms with van der Waals surface area (Å²) in [5.74, 6) is 0.0698. The molecule has 0 saturated heterocycles. The van der Waals surface area contributed by atoms with Crippen molar-refractivity contribution >= 4 is 38.3 Å². The van der Waals surface area contributed by atoms with Crippen molar-refractivity contribution in [3.05, 3.63) is 96.6 Å². The molecular formula is C25H21N3O5S. The van der Waals surface area contributed by atoms with Gasteiger partial charge in [-0.15, -0.1) is 4.83 Å². The van der Waals surface area contributed by atoms with Crippen molar-refractivity contribution in [3.8, 4) is 11.5 Å². The number of benzene rings is 4. The van der Waals surface area contributed by atoms with Gasteiger partial charge in [0, 0.05) is 18.2 Å². The van der Waals surface area contributed by atoms with Crippen LogP contribution in [0.15, 0.2) is 95.9 Å². The number of amides is 2. The smallest absolute Gasteiger partial charge is 0.266 e. The number of sulfonamides is 1. The Labute approximate surface area is 196 Å². The third kappa shape index (κ3) is 5.58. The summed E-state index contributed by atoms with van der Waals surface area (Å²) >= 11 is 0. The molecule has 0 saturated carbocycles. The number of anilines is 1. The molecule has 0 fully saturated rings. The number of carbonyl (C=O) groups is 2. The largest absolute Gasteiger partial charge is 0.457 e. The Balaban J connectivity index is 1.42. The third-order valence-electron chi connectivity index (χ3n) is 4.84. The van der Waals surface area contributed by atoms with E-state index >= 15 is 0 Å². The summed E-state index contributed by atoms with van der Waals surface area (Å²) in [7, 11) is -3.97. The second-order valence-electron chi connectivity index (χ2n) is 7.40. The van der Waals surface area contributed by atoms with Crippen molar-refractivity contribution in [3.63, 3.8) is 0 Å². The Morgan fingerprint density at radius 1 is 0.765 bits per heavy atom. The van der Waals surface area contributed by atoms with Crippen molar-refractivity contribution in [1.29, 1.82) is 0 Å². The van der Waals surface area contributed by atoms with E-state index in [9.17, 15) is 18.0 Å². The lowest BCUT2D eigenvalue weighted by Gasteiger charge is -2.11. The Bertz CT molecular complexity index is 1470. The average Bonchev–Trinajstić information content (AvgIpc) is 2.83. The minimum Gasteiger partial charge on any atom is -0.457 e. The SMILES string of the molecule is CC(=O)Nc1ccc(Oc2cccc(C(=O)NNS(=O)(=O)c3ccc4ccccc4c3)c2)cc1. The molecule has 4 aromatic rings. The van der Waals surface area contributed by atoms with Crippen LogP contribution in [0.4, 0.5) is 5.69 Å². The summed E-state index contributed by atoms with van der Waals surface area (Å²) in [6.07, 6.45) is 0. The van der Waals surface area contributed by atoms with Crippen molar-refractivity contribution in [2.24, 2.45) is 0 Å². The molecule has 0 spiro atoms. The molecule has 0 aliphatic heterocycles. The summed E-state index contributed by atoms with van der Waals surface area (Å²) in [6.45, 7) is 1.42. The first-order valence-electron chi connectivity index (χ1n) is 10.3. The number of carbonyl (C=O) groups excluding carboxylic acids is 2. The molecule has 2 amide bonds. The number of rotatable bonds is 7. The maximum Gasteiger partial charge on any atom is 0.266 e. The second-order valence-corrected chi connectivity index (χ2v) is 9.09. The van der Waals surface area contributed by atoms with Crippen molar-refractivity contribution in [2.75, 3.05) is 5.32 Å². The molecule has 0 heterocycles. The molecule has 0 bridgehead atoms. The predicted octanol–water partition coefficient (Wildman–Crippen LogP) is 4.21. The van der Waals surface area contributed by atoms with Gasteiger partial charge in [0.15, 0.2) is 0 Å². The van der Waals surface area contributed by atoms with E-state index in [1.54, 1.807) is 42.5 Å². The number of fused-ring (bicyclic) bond motifs is 1. The van der Waals surface area contributed by atoms with Crippen LogP contribution in [0, 0.1) is 0 Å². The van der Waals surface area contributed by atoms with Gasteiger partial charge in [0.25, 0.3) is 15.9 Å². The van der Waals surface area contributed by atoms with Gasteiger partial charge in [-0.25, -0.2) is 8.42 Å². The van der Waals surface area contributed by atoms with E-state index in [4.69, 9.17) is 4.74 Å². The fourth-order valence-corrected chi connectivity index (χ4v) is 4.10. The van der Waals surface area contributed by atoms with Crippen LogP contribution in [0.5, 0.6) is 11.5 Å². The van der Waals surface area contributed by atoms with Gasteiger partial charge in [0.2, 0.25) is 5.91 Å². The van der Waals surface area contributed by atoms with Crippen LogP contribution in [0.1, 0.15) is 17.3 Å². The zero-order valence-electron chi connectivity index (χ0n) is 18.1. The molecule has 0 aliphatic carbocycles. The quantitative estimate of drug-likeness (QED) is 0.347. The molecule has 34 heavy (non-hydrogen) atoms. The van der Waals surface area contributed by atoms with Gasteiger partial charge in [0.1, 0.15) is 11.5 Å². The maximum atomic E-state index is 12.6. The fraction of sp³-hybridized carbons (Fsp3) is 0.0400. The summed E-state index contributed by atoms with van der Waals surface area (Å²) in [4.78, 5) is 25.8. The second kappa shape index (κ2) is 9.74. The minimum atomic E-state index is -3.97. The van der Waals surface area contributed by atoms with Crippen LogP contribution in [0.3, 0.4) is 0 Å². The molecule has 0 aromatic heterocycles. The molecule has 0 unspecified atom stereocenters. The van der Waals surface area contributed by atoms with Gasteiger partial charge in [-0.1, -0.05) is 36.4 Å². The Morgan fingerprint density at radius 2 is 1.50 bits per heavy atom. The fourth-order valence-electron chi connectivity index (χ4n) is 3.23. The van der Waals surface area contributed by atoms with Crippen LogP contribution >= 0.6 is 0 Å². The highest BCUT2D eigenvalue weighted by Crippen LogP contribution is 2.24. The van der Waals surface area contributed by atoms with E-state index in [1.807, 2.05) is 24.3 Å². The van der Waals surface area contributed by atoms with E-state index in [-0.39, 0.29) is 16.4 Å². The van der Waals surface area contributed by atoms with Crippen LogP contribution in [0.25, 0.3) is 10.8 Å². The Morgan fingerprint density at radius 3 is 2.24 bits per heavy atom. The highest BCUT2D eigenvalue weighted by Gasteiger charge is 2.16. The van der Waals surface area contributed by atoms with Gasteiger partial charge in [-0.3, -0.25) is 15.0 Å². The standard InChI is InChI=1S/C25H21N3O5S/c1-17(29)26-21-10-12-22(13-11-21)33-23-8-4-7-20(15-23)25(30)27-28-34(31,32)24-14-9-18-5-2-3-6-19(18)16-24/h2-16,28H,1H3,(H,26,29)(H,27,30). The first-order chi connectivity index (χ1) is 16.3.